The van der Waals surface area contributed by atoms with E-state index in [-0.39, 0.29) is 5.60 Å². The van der Waals surface area contributed by atoms with Gasteiger partial charge in [-0.25, -0.2) is 0 Å². The summed E-state index contributed by atoms with van der Waals surface area (Å²) in [6.45, 7) is 9.54. The van der Waals surface area contributed by atoms with E-state index in [1.54, 1.807) is 14.2 Å². The van der Waals surface area contributed by atoms with Gasteiger partial charge in [-0.2, -0.15) is 0 Å². The van der Waals surface area contributed by atoms with Crippen molar-refractivity contribution in [2.24, 2.45) is 0 Å². The minimum atomic E-state index is -0.0238. The molecule has 0 bridgehead atoms. The third-order valence-electron chi connectivity index (χ3n) is 3.16. The molecule has 0 aliphatic carbocycles. The average Bonchev–Trinajstić information content (AvgIpc) is 2.26. The van der Waals surface area contributed by atoms with E-state index in [4.69, 9.17) is 9.47 Å². The summed E-state index contributed by atoms with van der Waals surface area (Å²) in [6, 6.07) is 0.523. The van der Waals surface area contributed by atoms with Crippen LogP contribution in [0.4, 0.5) is 0 Å². The predicted molar refractivity (Wildman–Crippen MR) is 68.9 cm³/mol. The van der Waals surface area contributed by atoms with E-state index in [1.807, 2.05) is 0 Å². The highest BCUT2D eigenvalue weighted by Gasteiger charge is 2.20. The molecule has 0 amide bonds. The molecule has 0 aromatic carbocycles. The second kappa shape index (κ2) is 8.04. The third-order valence-corrected chi connectivity index (χ3v) is 3.16. The lowest BCUT2D eigenvalue weighted by molar-refractivity contribution is 0.00968. The van der Waals surface area contributed by atoms with Crippen molar-refractivity contribution in [2.45, 2.75) is 64.7 Å². The zero-order chi connectivity index (χ0) is 12.6. The van der Waals surface area contributed by atoms with Crippen LogP contribution >= 0.6 is 0 Å². The van der Waals surface area contributed by atoms with Gasteiger partial charge in [0.15, 0.2) is 0 Å². The molecule has 3 heteroatoms. The first-order chi connectivity index (χ1) is 7.45. The van der Waals surface area contributed by atoms with Gasteiger partial charge in [-0.05, 0) is 46.6 Å². The maximum absolute atomic E-state index is 5.44. The van der Waals surface area contributed by atoms with Gasteiger partial charge < -0.3 is 14.8 Å². The molecule has 0 rings (SSSR count). The van der Waals surface area contributed by atoms with Gasteiger partial charge in [0.25, 0.3) is 0 Å². The molecule has 0 fully saturated rings. The van der Waals surface area contributed by atoms with Gasteiger partial charge in [0, 0.05) is 20.3 Å². The SMILES string of the molecule is CCNC(CCC(C)(C)OC)CC(C)OC. The van der Waals surface area contributed by atoms with Crippen molar-refractivity contribution in [3.8, 4) is 0 Å². The monoisotopic (exact) mass is 231 g/mol. The van der Waals surface area contributed by atoms with Gasteiger partial charge in [0.2, 0.25) is 0 Å². The summed E-state index contributed by atoms with van der Waals surface area (Å²) in [7, 11) is 3.55. The molecule has 0 heterocycles. The molecule has 0 saturated carbocycles. The van der Waals surface area contributed by atoms with E-state index in [9.17, 15) is 0 Å². The Labute approximate surface area is 101 Å². The van der Waals surface area contributed by atoms with Gasteiger partial charge in [0.1, 0.15) is 0 Å². The molecule has 3 nitrogen and oxygen atoms in total. The Balaban J connectivity index is 4.02. The highest BCUT2D eigenvalue weighted by atomic mass is 16.5. The minimum absolute atomic E-state index is 0.0238. The van der Waals surface area contributed by atoms with Crippen molar-refractivity contribution in [3.63, 3.8) is 0 Å². The van der Waals surface area contributed by atoms with E-state index < -0.39 is 0 Å². The quantitative estimate of drug-likeness (QED) is 0.661. The largest absolute Gasteiger partial charge is 0.382 e. The van der Waals surface area contributed by atoms with Crippen LogP contribution in [-0.4, -0.2) is 38.5 Å². The van der Waals surface area contributed by atoms with Gasteiger partial charge in [0.05, 0.1) is 11.7 Å². The van der Waals surface area contributed by atoms with Crippen molar-refractivity contribution >= 4 is 0 Å². The molecular formula is C13H29NO2. The number of rotatable bonds is 9. The van der Waals surface area contributed by atoms with Gasteiger partial charge >= 0.3 is 0 Å². The van der Waals surface area contributed by atoms with E-state index in [1.165, 1.54) is 0 Å². The topological polar surface area (TPSA) is 30.5 Å². The summed E-state index contributed by atoms with van der Waals surface area (Å²) in [5, 5.41) is 3.51. The molecule has 16 heavy (non-hydrogen) atoms. The Morgan fingerprint density at radius 2 is 1.88 bits per heavy atom. The van der Waals surface area contributed by atoms with E-state index in [0.717, 1.165) is 25.8 Å². The summed E-state index contributed by atoms with van der Waals surface area (Å²) in [5.41, 5.74) is -0.0238. The Morgan fingerprint density at radius 1 is 1.25 bits per heavy atom. The van der Waals surface area contributed by atoms with E-state index in [2.05, 4.69) is 33.0 Å². The number of nitrogens with one attached hydrogen (secondary N) is 1. The van der Waals surface area contributed by atoms with Crippen molar-refractivity contribution in [2.75, 3.05) is 20.8 Å². The number of hydrogen-bond acceptors (Lipinski definition) is 3. The number of hydrogen-bond donors (Lipinski definition) is 1. The summed E-state index contributed by atoms with van der Waals surface area (Å²) < 4.78 is 10.8. The molecule has 98 valence electrons. The molecule has 2 atom stereocenters. The molecule has 0 radical (unpaired) electrons. The second-order valence-corrected chi connectivity index (χ2v) is 5.04. The van der Waals surface area contributed by atoms with Crippen LogP contribution in [0.3, 0.4) is 0 Å². The smallest absolute Gasteiger partial charge is 0.0623 e. The lowest BCUT2D eigenvalue weighted by Crippen LogP contribution is -2.35. The molecule has 1 N–H and O–H groups in total. The van der Waals surface area contributed by atoms with Crippen LogP contribution in [0.5, 0.6) is 0 Å². The van der Waals surface area contributed by atoms with Crippen molar-refractivity contribution in [3.05, 3.63) is 0 Å². The molecule has 0 aromatic heterocycles. The lowest BCUT2D eigenvalue weighted by Gasteiger charge is -2.27. The fourth-order valence-electron chi connectivity index (χ4n) is 1.71. The fourth-order valence-corrected chi connectivity index (χ4v) is 1.71. The first-order valence-corrected chi connectivity index (χ1v) is 6.26. The highest BCUT2D eigenvalue weighted by Crippen LogP contribution is 2.18. The Morgan fingerprint density at radius 3 is 2.31 bits per heavy atom. The molecule has 0 saturated heterocycles. The molecule has 0 aromatic rings. The average molecular weight is 231 g/mol. The lowest BCUT2D eigenvalue weighted by atomic mass is 9.96. The van der Waals surface area contributed by atoms with Crippen molar-refractivity contribution in [1.29, 1.82) is 0 Å². The van der Waals surface area contributed by atoms with Crippen LogP contribution in [0.2, 0.25) is 0 Å². The molecule has 2 unspecified atom stereocenters. The van der Waals surface area contributed by atoms with Gasteiger partial charge in [-0.3, -0.25) is 0 Å². The van der Waals surface area contributed by atoms with Gasteiger partial charge in [-0.15, -0.1) is 0 Å². The molecule has 0 aliphatic heterocycles. The summed E-state index contributed by atoms with van der Waals surface area (Å²) in [6.07, 6.45) is 3.57. The van der Waals surface area contributed by atoms with Crippen LogP contribution in [0.25, 0.3) is 0 Å². The van der Waals surface area contributed by atoms with Crippen molar-refractivity contribution < 1.29 is 9.47 Å². The maximum Gasteiger partial charge on any atom is 0.0623 e. The van der Waals surface area contributed by atoms with Crippen LogP contribution in [0.15, 0.2) is 0 Å². The van der Waals surface area contributed by atoms with Gasteiger partial charge in [-0.1, -0.05) is 6.92 Å². The summed E-state index contributed by atoms with van der Waals surface area (Å²) in [5.74, 6) is 0. The van der Waals surface area contributed by atoms with Crippen LogP contribution in [0, 0.1) is 0 Å². The molecular weight excluding hydrogens is 202 g/mol. The third kappa shape index (κ3) is 7.20. The zero-order valence-electron chi connectivity index (χ0n) is 11.8. The Hall–Kier alpha value is -0.120. The maximum atomic E-state index is 5.44. The zero-order valence-corrected chi connectivity index (χ0v) is 11.8. The standard InChI is InChI=1S/C13H29NO2/c1-7-14-12(10-11(2)15-5)8-9-13(3,4)16-6/h11-12,14H,7-10H2,1-6H3. The van der Waals surface area contributed by atoms with Crippen molar-refractivity contribution in [1.82, 2.24) is 5.32 Å². The number of methoxy groups -OCH3 is 2. The molecule has 0 spiro atoms. The van der Waals surface area contributed by atoms with Crippen LogP contribution in [-0.2, 0) is 9.47 Å². The second-order valence-electron chi connectivity index (χ2n) is 5.04. The number of ether oxygens (including phenoxy) is 2. The fraction of sp³-hybridized carbons (Fsp3) is 1.00. The van der Waals surface area contributed by atoms with Crippen LogP contribution < -0.4 is 5.32 Å². The summed E-state index contributed by atoms with van der Waals surface area (Å²) >= 11 is 0. The minimum Gasteiger partial charge on any atom is -0.382 e. The summed E-state index contributed by atoms with van der Waals surface area (Å²) in [4.78, 5) is 0. The first-order valence-electron chi connectivity index (χ1n) is 6.26. The van der Waals surface area contributed by atoms with E-state index >= 15 is 0 Å². The normalized spacial score (nSPS) is 16.1. The van der Waals surface area contributed by atoms with Crippen LogP contribution in [0.1, 0.15) is 47.0 Å². The Kier molecular flexibility index (Phi) is 7.98. The Bertz CT molecular complexity index is 171. The predicted octanol–water partition coefficient (Wildman–Crippen LogP) is 2.59. The first kappa shape index (κ1) is 15.9. The molecule has 0 aliphatic rings. The van der Waals surface area contributed by atoms with E-state index in [0.29, 0.717) is 12.1 Å². The highest BCUT2D eigenvalue weighted by molar-refractivity contribution is 4.75.